The molecule has 6 heteroatoms. The fraction of sp³-hybridized carbons (Fsp3) is 0.217. The second-order valence-corrected chi connectivity index (χ2v) is 7.26. The maximum atomic E-state index is 10.7. The van der Waals surface area contributed by atoms with Gasteiger partial charge in [-0.3, -0.25) is 10.1 Å². The Morgan fingerprint density at radius 1 is 0.897 bits per heavy atom. The Morgan fingerprint density at radius 2 is 1.38 bits per heavy atom. The molecule has 0 fully saturated rings. The standard InChI is InChI=1S/C20H18BNO3.C3H9N/c21-20(16-6-10-18(11-7-16)22(23)24)17-8-12-19(13-9-17)25-14-15-4-2-1-3-5-15;1-4(2)3/h1-13,20H,14,21H2;1-3H3. The molecule has 0 N–H and O–H groups in total. The van der Waals surface area contributed by atoms with Crippen molar-refractivity contribution in [2.75, 3.05) is 21.1 Å². The molecule has 5 nitrogen and oxygen atoms in total. The van der Waals surface area contributed by atoms with Crippen molar-refractivity contribution < 1.29 is 9.66 Å². The number of nitrogens with zero attached hydrogens (tertiary/aromatic N) is 2. The molecule has 0 bridgehead atoms. The van der Waals surface area contributed by atoms with E-state index in [0.717, 1.165) is 22.4 Å². The van der Waals surface area contributed by atoms with Crippen molar-refractivity contribution in [1.82, 2.24) is 4.90 Å². The highest BCUT2D eigenvalue weighted by Gasteiger charge is 2.11. The summed E-state index contributed by atoms with van der Waals surface area (Å²) in [6, 6.07) is 24.7. The Balaban J connectivity index is 0.000000687. The molecule has 1 atom stereocenters. The summed E-state index contributed by atoms with van der Waals surface area (Å²) in [7, 11) is 8.08. The lowest BCUT2D eigenvalue weighted by Crippen LogP contribution is -2.01. The van der Waals surface area contributed by atoms with Crippen LogP contribution in [0.1, 0.15) is 22.5 Å². The smallest absolute Gasteiger partial charge is 0.269 e. The van der Waals surface area contributed by atoms with Crippen LogP contribution in [0.2, 0.25) is 0 Å². The number of nitro benzene ring substituents is 1. The number of rotatable bonds is 6. The SMILES string of the molecule is BC(c1ccc(OCc2ccccc2)cc1)c1ccc([N+](=O)[O-])cc1.CN(C)C. The van der Waals surface area contributed by atoms with E-state index in [9.17, 15) is 10.1 Å². The van der Waals surface area contributed by atoms with E-state index in [-0.39, 0.29) is 16.4 Å². The first kappa shape index (κ1) is 22.2. The van der Waals surface area contributed by atoms with Crippen LogP contribution in [0.4, 0.5) is 5.69 Å². The molecule has 0 radical (unpaired) electrons. The molecule has 0 aliphatic rings. The van der Waals surface area contributed by atoms with Gasteiger partial charge in [0.05, 0.1) is 4.92 Å². The van der Waals surface area contributed by atoms with Crippen molar-refractivity contribution in [1.29, 1.82) is 0 Å². The summed E-state index contributed by atoms with van der Waals surface area (Å²) in [6.07, 6.45) is 0. The van der Waals surface area contributed by atoms with Gasteiger partial charge in [0.2, 0.25) is 0 Å². The second-order valence-electron chi connectivity index (χ2n) is 7.26. The van der Waals surface area contributed by atoms with E-state index < -0.39 is 0 Å². The van der Waals surface area contributed by atoms with E-state index in [1.54, 1.807) is 12.1 Å². The molecule has 0 spiro atoms. The van der Waals surface area contributed by atoms with Crippen molar-refractivity contribution in [3.63, 3.8) is 0 Å². The number of hydrogen-bond donors (Lipinski definition) is 0. The predicted molar refractivity (Wildman–Crippen MR) is 120 cm³/mol. The van der Waals surface area contributed by atoms with Crippen LogP contribution >= 0.6 is 0 Å². The van der Waals surface area contributed by atoms with Gasteiger partial charge in [0.25, 0.3) is 5.69 Å². The zero-order valence-corrected chi connectivity index (χ0v) is 17.4. The first-order valence-electron chi connectivity index (χ1n) is 9.48. The lowest BCUT2D eigenvalue weighted by molar-refractivity contribution is -0.384. The molecule has 0 saturated carbocycles. The Hall–Kier alpha value is -3.12. The minimum absolute atomic E-state index is 0.112. The molecule has 0 amide bonds. The molecule has 1 unspecified atom stereocenters. The van der Waals surface area contributed by atoms with Gasteiger partial charge in [0.15, 0.2) is 0 Å². The molecule has 0 heterocycles. The van der Waals surface area contributed by atoms with Gasteiger partial charge in [0.1, 0.15) is 20.2 Å². The topological polar surface area (TPSA) is 55.6 Å². The van der Waals surface area contributed by atoms with Crippen LogP contribution in [-0.2, 0) is 6.61 Å². The summed E-state index contributed by atoms with van der Waals surface area (Å²) >= 11 is 0. The molecule has 0 aliphatic carbocycles. The molecule has 3 rings (SSSR count). The van der Waals surface area contributed by atoms with Gasteiger partial charge in [-0.15, -0.1) is 0 Å². The Labute approximate surface area is 173 Å². The largest absolute Gasteiger partial charge is 0.489 e. The third-order valence-corrected chi connectivity index (χ3v) is 4.23. The molecule has 3 aromatic carbocycles. The van der Waals surface area contributed by atoms with Crippen molar-refractivity contribution in [2.45, 2.75) is 12.4 Å². The van der Waals surface area contributed by atoms with Gasteiger partial charge >= 0.3 is 0 Å². The average molecular weight is 390 g/mol. The van der Waals surface area contributed by atoms with Crippen LogP contribution in [0, 0.1) is 10.1 Å². The van der Waals surface area contributed by atoms with Gasteiger partial charge in [0, 0.05) is 12.1 Å². The number of ether oxygens (including phenoxy) is 1. The lowest BCUT2D eigenvalue weighted by atomic mass is 9.76. The normalized spacial score (nSPS) is 11.3. The van der Waals surface area contributed by atoms with Crippen LogP contribution in [0.25, 0.3) is 0 Å². The van der Waals surface area contributed by atoms with E-state index in [0.29, 0.717) is 6.61 Å². The molecule has 3 aromatic rings. The summed E-state index contributed by atoms with van der Waals surface area (Å²) in [5, 5.41) is 10.7. The first-order chi connectivity index (χ1) is 13.9. The van der Waals surface area contributed by atoms with Gasteiger partial charge in [-0.1, -0.05) is 54.6 Å². The predicted octanol–water partition coefficient (Wildman–Crippen LogP) is 4.07. The molecule has 0 aliphatic heterocycles. The van der Waals surface area contributed by atoms with E-state index in [4.69, 9.17) is 4.74 Å². The average Bonchev–Trinajstić information content (AvgIpc) is 2.72. The zero-order chi connectivity index (χ0) is 21.2. The summed E-state index contributed by atoms with van der Waals surface area (Å²) in [4.78, 5) is 12.4. The molecular formula is C23H27BN2O3. The Morgan fingerprint density at radius 3 is 1.86 bits per heavy atom. The van der Waals surface area contributed by atoms with Crippen LogP contribution in [0.15, 0.2) is 78.9 Å². The number of non-ortho nitro benzene ring substituents is 1. The highest BCUT2D eigenvalue weighted by molar-refractivity contribution is 6.14. The van der Waals surface area contributed by atoms with Gasteiger partial charge < -0.3 is 9.64 Å². The highest BCUT2D eigenvalue weighted by atomic mass is 16.6. The van der Waals surface area contributed by atoms with Crippen LogP contribution in [0.3, 0.4) is 0 Å². The number of nitro groups is 1. The Bertz CT molecular complexity index is 880. The summed E-state index contributed by atoms with van der Waals surface area (Å²) < 4.78 is 5.80. The number of benzene rings is 3. The van der Waals surface area contributed by atoms with Crippen LogP contribution in [-0.4, -0.2) is 38.8 Å². The zero-order valence-electron chi connectivity index (χ0n) is 17.4. The fourth-order valence-electron chi connectivity index (χ4n) is 2.67. The van der Waals surface area contributed by atoms with Gasteiger partial charge in [-0.25, -0.2) is 0 Å². The molecule has 0 saturated heterocycles. The van der Waals surface area contributed by atoms with E-state index in [1.165, 1.54) is 0 Å². The maximum absolute atomic E-state index is 10.7. The van der Waals surface area contributed by atoms with E-state index >= 15 is 0 Å². The maximum Gasteiger partial charge on any atom is 0.269 e. The quantitative estimate of drug-likeness (QED) is 0.362. The monoisotopic (exact) mass is 390 g/mol. The van der Waals surface area contributed by atoms with Crippen LogP contribution < -0.4 is 4.74 Å². The third kappa shape index (κ3) is 7.43. The first-order valence-corrected chi connectivity index (χ1v) is 9.48. The highest BCUT2D eigenvalue weighted by Crippen LogP contribution is 2.25. The second kappa shape index (κ2) is 11.0. The van der Waals surface area contributed by atoms with Gasteiger partial charge in [-0.05, 0) is 55.8 Å². The fourth-order valence-corrected chi connectivity index (χ4v) is 2.67. The van der Waals surface area contributed by atoms with Gasteiger partial charge in [-0.2, -0.15) is 0 Å². The summed E-state index contributed by atoms with van der Waals surface area (Å²) in [5.41, 5.74) is 3.43. The van der Waals surface area contributed by atoms with Crippen LogP contribution in [0.5, 0.6) is 5.75 Å². The number of hydrogen-bond acceptors (Lipinski definition) is 4. The molecule has 0 aromatic heterocycles. The van der Waals surface area contributed by atoms with Crippen molar-refractivity contribution in [2.24, 2.45) is 0 Å². The van der Waals surface area contributed by atoms with Crippen molar-refractivity contribution in [3.8, 4) is 5.75 Å². The molecular weight excluding hydrogens is 363 g/mol. The Kier molecular flexibility index (Phi) is 8.43. The van der Waals surface area contributed by atoms with Crippen molar-refractivity contribution in [3.05, 3.63) is 106 Å². The summed E-state index contributed by atoms with van der Waals surface area (Å²) in [5.74, 6) is 0.979. The minimum atomic E-state index is -0.382. The third-order valence-electron chi connectivity index (χ3n) is 4.23. The molecule has 29 heavy (non-hydrogen) atoms. The molecule has 150 valence electrons. The lowest BCUT2D eigenvalue weighted by Gasteiger charge is -2.13. The minimum Gasteiger partial charge on any atom is -0.489 e. The van der Waals surface area contributed by atoms with E-state index in [1.807, 2.05) is 92.8 Å². The summed E-state index contributed by atoms with van der Waals surface area (Å²) in [6.45, 7) is 0.540. The van der Waals surface area contributed by atoms with E-state index in [2.05, 4.69) is 7.85 Å². The van der Waals surface area contributed by atoms with Crippen molar-refractivity contribution >= 4 is 13.5 Å².